The standard InChI is InChI=1S/2C9H8O.Er/c2*1-2-6-9-8(4-1)5-3-7-10-9;/h2*1-6H,7H2;. The average Bonchev–Trinajstić information content (AvgIpc) is 2.56. The van der Waals surface area contributed by atoms with Crippen LogP contribution in [0, 0.1) is 37.3 Å². The minimum absolute atomic E-state index is 0. The number of benzene rings is 2. The second-order valence-corrected chi connectivity index (χ2v) is 4.50. The van der Waals surface area contributed by atoms with Crippen molar-refractivity contribution in [1.29, 1.82) is 0 Å². The smallest absolute Gasteiger partial charge is 0.126 e. The van der Waals surface area contributed by atoms with Gasteiger partial charge in [0.15, 0.2) is 0 Å². The number of ether oxygens (including phenoxy) is 2. The molecule has 2 heterocycles. The summed E-state index contributed by atoms with van der Waals surface area (Å²) in [5.41, 5.74) is 2.35. The number of para-hydroxylation sites is 2. The van der Waals surface area contributed by atoms with Gasteiger partial charge in [0, 0.05) is 48.4 Å². The fourth-order valence-electron chi connectivity index (χ4n) is 2.13. The van der Waals surface area contributed by atoms with Crippen molar-refractivity contribution < 1.29 is 46.8 Å². The van der Waals surface area contributed by atoms with Crippen LogP contribution in [0.1, 0.15) is 11.1 Å². The summed E-state index contributed by atoms with van der Waals surface area (Å²) in [5.74, 6) is 1.98. The van der Waals surface area contributed by atoms with Gasteiger partial charge in [0.25, 0.3) is 0 Å². The van der Waals surface area contributed by atoms with Crippen molar-refractivity contribution in [2.75, 3.05) is 13.2 Å². The summed E-state index contributed by atoms with van der Waals surface area (Å²) >= 11 is 0. The maximum Gasteiger partial charge on any atom is 0.126 e. The molecular weight excluding hydrogens is 415 g/mol. The Hall–Kier alpha value is -1.23. The van der Waals surface area contributed by atoms with Crippen molar-refractivity contribution >= 4 is 12.2 Å². The van der Waals surface area contributed by atoms with Gasteiger partial charge in [-0.1, -0.05) is 48.6 Å². The van der Waals surface area contributed by atoms with Crippen LogP contribution in [0.5, 0.6) is 11.5 Å². The number of fused-ring (bicyclic) bond motifs is 2. The van der Waals surface area contributed by atoms with E-state index in [1.54, 1.807) is 0 Å². The first-order chi connectivity index (χ1) is 9.93. The Morgan fingerprint density at radius 3 is 1.48 bits per heavy atom. The van der Waals surface area contributed by atoms with Crippen LogP contribution in [0.3, 0.4) is 0 Å². The summed E-state index contributed by atoms with van der Waals surface area (Å²) in [6, 6.07) is 16.1. The summed E-state index contributed by atoms with van der Waals surface area (Å²) in [6.45, 7) is 1.41. The van der Waals surface area contributed by atoms with Crippen LogP contribution >= 0.6 is 0 Å². The van der Waals surface area contributed by atoms with Gasteiger partial charge in [0.05, 0.1) is 0 Å². The van der Waals surface area contributed by atoms with Gasteiger partial charge in [0.2, 0.25) is 0 Å². The Bertz CT molecular complexity index is 590. The molecule has 0 unspecified atom stereocenters. The first-order valence-corrected chi connectivity index (χ1v) is 6.70. The molecule has 4 rings (SSSR count). The SMILES string of the molecule is C1=Cc2ccccc2OC1.C1=Cc2ccccc2OC1.[Er]. The van der Waals surface area contributed by atoms with E-state index >= 15 is 0 Å². The van der Waals surface area contributed by atoms with E-state index in [-0.39, 0.29) is 37.3 Å². The van der Waals surface area contributed by atoms with E-state index in [4.69, 9.17) is 9.47 Å². The van der Waals surface area contributed by atoms with E-state index in [0.29, 0.717) is 13.2 Å². The van der Waals surface area contributed by atoms with E-state index in [0.717, 1.165) is 11.5 Å². The molecule has 0 N–H and O–H groups in total. The second-order valence-electron chi connectivity index (χ2n) is 4.50. The fourth-order valence-corrected chi connectivity index (χ4v) is 2.13. The molecule has 2 aromatic carbocycles. The largest absolute Gasteiger partial charge is 0.489 e. The molecule has 2 aliphatic rings. The molecule has 2 aliphatic heterocycles. The second kappa shape index (κ2) is 8.27. The van der Waals surface area contributed by atoms with Gasteiger partial charge in [-0.2, -0.15) is 0 Å². The summed E-state index contributed by atoms with van der Waals surface area (Å²) in [4.78, 5) is 0. The van der Waals surface area contributed by atoms with Crippen molar-refractivity contribution in [3.05, 3.63) is 71.8 Å². The predicted molar refractivity (Wildman–Crippen MR) is 81.9 cm³/mol. The van der Waals surface area contributed by atoms with Gasteiger partial charge in [0.1, 0.15) is 24.7 Å². The molecule has 0 aliphatic carbocycles. The quantitative estimate of drug-likeness (QED) is 0.623. The maximum atomic E-state index is 5.34. The topological polar surface area (TPSA) is 18.5 Å². The summed E-state index contributed by atoms with van der Waals surface area (Å²) < 4.78 is 10.7. The third kappa shape index (κ3) is 4.36. The zero-order valence-electron chi connectivity index (χ0n) is 11.4. The van der Waals surface area contributed by atoms with E-state index in [9.17, 15) is 0 Å². The normalized spacial score (nSPS) is 13.3. The number of hydrogen-bond donors (Lipinski definition) is 0. The van der Waals surface area contributed by atoms with Crippen LogP contribution in [0.15, 0.2) is 60.7 Å². The molecule has 2 aromatic rings. The third-order valence-corrected chi connectivity index (χ3v) is 3.10. The molecule has 21 heavy (non-hydrogen) atoms. The van der Waals surface area contributed by atoms with E-state index in [1.165, 1.54) is 11.1 Å². The van der Waals surface area contributed by atoms with Crippen LogP contribution in [0.25, 0.3) is 12.2 Å². The van der Waals surface area contributed by atoms with E-state index in [2.05, 4.69) is 12.2 Å². The summed E-state index contributed by atoms with van der Waals surface area (Å²) in [5, 5.41) is 0. The molecule has 0 saturated carbocycles. The summed E-state index contributed by atoms with van der Waals surface area (Å²) in [6.07, 6.45) is 8.20. The Balaban J connectivity index is 0.000000147. The Morgan fingerprint density at radius 2 is 1.05 bits per heavy atom. The van der Waals surface area contributed by atoms with Crippen molar-refractivity contribution in [3.63, 3.8) is 0 Å². The van der Waals surface area contributed by atoms with Gasteiger partial charge in [-0.05, 0) is 24.3 Å². The Morgan fingerprint density at radius 1 is 0.619 bits per heavy atom. The van der Waals surface area contributed by atoms with Gasteiger partial charge in [-0.3, -0.25) is 0 Å². The average molecular weight is 432 g/mol. The van der Waals surface area contributed by atoms with Crippen molar-refractivity contribution in [3.8, 4) is 11.5 Å². The molecule has 0 atom stereocenters. The third-order valence-electron chi connectivity index (χ3n) is 3.10. The van der Waals surface area contributed by atoms with Crippen molar-refractivity contribution in [1.82, 2.24) is 0 Å². The molecular formula is C18H16ErO2. The zero-order chi connectivity index (χ0) is 13.6. The molecule has 2 nitrogen and oxygen atoms in total. The van der Waals surface area contributed by atoms with Crippen LogP contribution in [0.2, 0.25) is 0 Å². The van der Waals surface area contributed by atoms with E-state index < -0.39 is 0 Å². The molecule has 0 radical (unpaired) electrons. The zero-order valence-corrected chi connectivity index (χ0v) is 13.3. The van der Waals surface area contributed by atoms with Crippen molar-refractivity contribution in [2.24, 2.45) is 0 Å². The van der Waals surface area contributed by atoms with Gasteiger partial charge >= 0.3 is 0 Å². The molecule has 0 aromatic heterocycles. The van der Waals surface area contributed by atoms with Gasteiger partial charge in [-0.25, -0.2) is 0 Å². The Kier molecular flexibility index (Phi) is 6.36. The first-order valence-electron chi connectivity index (χ1n) is 6.70. The van der Waals surface area contributed by atoms with Crippen LogP contribution < -0.4 is 9.47 Å². The molecule has 0 fully saturated rings. The molecule has 0 bridgehead atoms. The minimum atomic E-state index is 0. The van der Waals surface area contributed by atoms with Gasteiger partial charge in [-0.15, -0.1) is 0 Å². The summed E-state index contributed by atoms with van der Waals surface area (Å²) in [7, 11) is 0. The molecule has 3 heteroatoms. The maximum absolute atomic E-state index is 5.34. The minimum Gasteiger partial charge on any atom is -0.489 e. The van der Waals surface area contributed by atoms with Crippen molar-refractivity contribution in [2.45, 2.75) is 0 Å². The fraction of sp³-hybridized carbons (Fsp3) is 0.111. The van der Waals surface area contributed by atoms with Crippen LogP contribution in [0.4, 0.5) is 0 Å². The number of rotatable bonds is 0. The molecule has 0 amide bonds. The van der Waals surface area contributed by atoms with Crippen LogP contribution in [-0.4, -0.2) is 13.2 Å². The number of hydrogen-bond acceptors (Lipinski definition) is 2. The van der Waals surface area contributed by atoms with Gasteiger partial charge < -0.3 is 9.47 Å². The Labute approximate surface area is 154 Å². The molecule has 0 spiro atoms. The van der Waals surface area contributed by atoms with E-state index in [1.807, 2.05) is 60.7 Å². The molecule has 112 valence electrons. The molecule has 0 saturated heterocycles. The monoisotopic (exact) mass is 430 g/mol. The predicted octanol–water partition coefficient (Wildman–Crippen LogP) is 4.18. The van der Waals surface area contributed by atoms with Crippen LogP contribution in [-0.2, 0) is 0 Å². The first kappa shape index (κ1) is 16.1.